The van der Waals surface area contributed by atoms with E-state index in [1.165, 1.54) is 12.1 Å². The van der Waals surface area contributed by atoms with E-state index in [1.807, 2.05) is 6.92 Å². The van der Waals surface area contributed by atoms with E-state index in [1.54, 1.807) is 24.1 Å². The van der Waals surface area contributed by atoms with Gasteiger partial charge in [-0.05, 0) is 44.0 Å². The first-order chi connectivity index (χ1) is 9.10. The third-order valence-electron chi connectivity index (χ3n) is 2.90. The maximum Gasteiger partial charge on any atom is 0.243 e. The van der Waals surface area contributed by atoms with Gasteiger partial charge >= 0.3 is 0 Å². The highest BCUT2D eigenvalue weighted by molar-refractivity contribution is 5.96. The lowest BCUT2D eigenvalue weighted by atomic mass is 10.1. The van der Waals surface area contributed by atoms with E-state index in [4.69, 9.17) is 10.5 Å². The number of benzene rings is 1. The second-order valence-corrected chi connectivity index (χ2v) is 4.30. The van der Waals surface area contributed by atoms with Crippen molar-refractivity contribution in [3.63, 3.8) is 0 Å². The molecule has 0 heterocycles. The van der Waals surface area contributed by atoms with Gasteiger partial charge in [0.15, 0.2) is 0 Å². The number of anilines is 1. The molecule has 0 aromatic heterocycles. The molecular formula is C14H21FN2O2. The Labute approximate surface area is 113 Å². The Morgan fingerprint density at radius 1 is 1.42 bits per heavy atom. The molecular weight excluding hydrogens is 247 g/mol. The molecule has 106 valence electrons. The fourth-order valence-electron chi connectivity index (χ4n) is 1.86. The third kappa shape index (κ3) is 4.61. The first-order valence-electron chi connectivity index (χ1n) is 6.41. The summed E-state index contributed by atoms with van der Waals surface area (Å²) in [6, 6.07) is 5.28. The van der Waals surface area contributed by atoms with Crippen LogP contribution in [0.1, 0.15) is 19.8 Å². The van der Waals surface area contributed by atoms with Crippen LogP contribution in [0.5, 0.6) is 0 Å². The summed E-state index contributed by atoms with van der Waals surface area (Å²) in [6.45, 7) is 2.95. The van der Waals surface area contributed by atoms with Crippen molar-refractivity contribution in [2.75, 3.05) is 25.2 Å². The molecule has 2 N–H and O–H groups in total. The van der Waals surface area contributed by atoms with Gasteiger partial charge in [-0.3, -0.25) is 4.79 Å². The molecule has 5 heteroatoms. The second kappa shape index (κ2) is 7.86. The van der Waals surface area contributed by atoms with Gasteiger partial charge in [0, 0.05) is 25.9 Å². The number of methoxy groups -OCH3 is 1. The van der Waals surface area contributed by atoms with Crippen molar-refractivity contribution in [2.45, 2.75) is 25.8 Å². The van der Waals surface area contributed by atoms with E-state index in [0.717, 1.165) is 6.42 Å². The summed E-state index contributed by atoms with van der Waals surface area (Å²) >= 11 is 0. The fraction of sp³-hybridized carbons (Fsp3) is 0.500. The molecule has 0 bridgehead atoms. The van der Waals surface area contributed by atoms with Crippen molar-refractivity contribution >= 4 is 11.6 Å². The predicted molar refractivity (Wildman–Crippen MR) is 73.5 cm³/mol. The monoisotopic (exact) mass is 268 g/mol. The maximum absolute atomic E-state index is 12.9. The van der Waals surface area contributed by atoms with Crippen molar-refractivity contribution in [1.29, 1.82) is 0 Å². The predicted octanol–water partition coefficient (Wildman–Crippen LogP) is 1.93. The van der Waals surface area contributed by atoms with E-state index in [2.05, 4.69) is 0 Å². The summed E-state index contributed by atoms with van der Waals surface area (Å²) in [5.41, 5.74) is 6.54. The largest absolute Gasteiger partial charge is 0.385 e. The van der Waals surface area contributed by atoms with Gasteiger partial charge < -0.3 is 15.4 Å². The van der Waals surface area contributed by atoms with Crippen molar-refractivity contribution in [1.82, 2.24) is 0 Å². The molecule has 0 spiro atoms. The molecule has 4 nitrogen and oxygen atoms in total. The average Bonchev–Trinajstić information content (AvgIpc) is 2.41. The van der Waals surface area contributed by atoms with Gasteiger partial charge in [0.2, 0.25) is 5.91 Å². The minimum absolute atomic E-state index is 0.148. The summed E-state index contributed by atoms with van der Waals surface area (Å²) in [5, 5.41) is 0. The Bertz CT molecular complexity index is 395. The van der Waals surface area contributed by atoms with Crippen molar-refractivity contribution in [3.05, 3.63) is 30.1 Å². The topological polar surface area (TPSA) is 55.6 Å². The molecule has 0 fully saturated rings. The molecule has 1 aromatic rings. The number of carbonyl (C=O) groups excluding carboxylic acids is 1. The average molecular weight is 268 g/mol. The van der Waals surface area contributed by atoms with Crippen molar-refractivity contribution in [3.8, 4) is 0 Å². The van der Waals surface area contributed by atoms with E-state index in [-0.39, 0.29) is 11.7 Å². The molecule has 0 aliphatic heterocycles. The lowest BCUT2D eigenvalue weighted by Gasteiger charge is -2.24. The van der Waals surface area contributed by atoms with Crippen LogP contribution in [0, 0.1) is 5.82 Å². The number of amides is 1. The van der Waals surface area contributed by atoms with Crippen LogP contribution in [0.4, 0.5) is 10.1 Å². The van der Waals surface area contributed by atoms with Crippen LogP contribution in [-0.4, -0.2) is 32.2 Å². The Kier molecular flexibility index (Phi) is 6.45. The summed E-state index contributed by atoms with van der Waals surface area (Å²) in [7, 11) is 1.62. The van der Waals surface area contributed by atoms with E-state index >= 15 is 0 Å². The van der Waals surface area contributed by atoms with Crippen LogP contribution in [-0.2, 0) is 9.53 Å². The Balaban J connectivity index is 2.68. The summed E-state index contributed by atoms with van der Waals surface area (Å²) in [5.74, 6) is -0.471. The number of nitrogens with two attached hydrogens (primary N) is 1. The molecule has 1 unspecified atom stereocenters. The molecule has 0 aliphatic carbocycles. The number of halogens is 1. The standard InChI is InChI=1S/C14H21FN2O2/c1-3-17(12-8-6-11(15)7-9-12)14(18)13(16)5-4-10-19-2/h6-9,13H,3-5,10,16H2,1-2H3. The number of hydrogen-bond acceptors (Lipinski definition) is 3. The van der Waals surface area contributed by atoms with Gasteiger partial charge in [-0.1, -0.05) is 0 Å². The summed E-state index contributed by atoms with van der Waals surface area (Å²) in [6.07, 6.45) is 1.31. The number of ether oxygens (including phenoxy) is 1. The van der Waals surface area contributed by atoms with Crippen molar-refractivity contribution < 1.29 is 13.9 Å². The van der Waals surface area contributed by atoms with Crippen LogP contribution in [0.25, 0.3) is 0 Å². The van der Waals surface area contributed by atoms with Gasteiger partial charge in [-0.2, -0.15) is 0 Å². The van der Waals surface area contributed by atoms with Gasteiger partial charge in [-0.25, -0.2) is 4.39 Å². The highest BCUT2D eigenvalue weighted by Crippen LogP contribution is 2.16. The summed E-state index contributed by atoms with van der Waals surface area (Å²) in [4.78, 5) is 13.8. The molecule has 1 amide bonds. The number of rotatable bonds is 7. The highest BCUT2D eigenvalue weighted by atomic mass is 19.1. The first kappa shape index (κ1) is 15.6. The molecule has 0 aliphatic rings. The zero-order chi connectivity index (χ0) is 14.3. The minimum Gasteiger partial charge on any atom is -0.385 e. The molecule has 1 aromatic carbocycles. The lowest BCUT2D eigenvalue weighted by Crippen LogP contribution is -2.44. The van der Waals surface area contributed by atoms with E-state index < -0.39 is 6.04 Å². The quantitative estimate of drug-likeness (QED) is 0.769. The van der Waals surface area contributed by atoms with Crippen LogP contribution in [0.3, 0.4) is 0 Å². The Hall–Kier alpha value is -1.46. The van der Waals surface area contributed by atoms with Gasteiger partial charge in [-0.15, -0.1) is 0 Å². The lowest BCUT2D eigenvalue weighted by molar-refractivity contribution is -0.120. The van der Waals surface area contributed by atoms with Gasteiger partial charge in [0.05, 0.1) is 6.04 Å². The second-order valence-electron chi connectivity index (χ2n) is 4.30. The van der Waals surface area contributed by atoms with E-state index in [0.29, 0.717) is 25.3 Å². The number of nitrogens with zero attached hydrogens (tertiary/aromatic N) is 1. The van der Waals surface area contributed by atoms with Crippen molar-refractivity contribution in [2.24, 2.45) is 5.73 Å². The van der Waals surface area contributed by atoms with Crippen LogP contribution in [0.2, 0.25) is 0 Å². The molecule has 1 atom stereocenters. The molecule has 0 saturated heterocycles. The Morgan fingerprint density at radius 3 is 2.58 bits per heavy atom. The SMILES string of the molecule is CCN(C(=O)C(N)CCCOC)c1ccc(F)cc1. The van der Waals surface area contributed by atoms with Gasteiger partial charge in [0.1, 0.15) is 5.82 Å². The fourth-order valence-corrected chi connectivity index (χ4v) is 1.86. The van der Waals surface area contributed by atoms with Crippen LogP contribution < -0.4 is 10.6 Å². The molecule has 19 heavy (non-hydrogen) atoms. The first-order valence-corrected chi connectivity index (χ1v) is 6.41. The smallest absolute Gasteiger partial charge is 0.243 e. The normalized spacial score (nSPS) is 12.2. The Morgan fingerprint density at radius 2 is 2.05 bits per heavy atom. The number of likely N-dealkylation sites (N-methyl/N-ethyl adjacent to an activating group) is 1. The van der Waals surface area contributed by atoms with Gasteiger partial charge in [0.25, 0.3) is 0 Å². The number of carbonyl (C=O) groups is 1. The van der Waals surface area contributed by atoms with E-state index in [9.17, 15) is 9.18 Å². The zero-order valence-corrected chi connectivity index (χ0v) is 11.4. The van der Waals surface area contributed by atoms with Crippen LogP contribution >= 0.6 is 0 Å². The highest BCUT2D eigenvalue weighted by Gasteiger charge is 2.20. The summed E-state index contributed by atoms with van der Waals surface area (Å²) < 4.78 is 17.8. The third-order valence-corrected chi connectivity index (χ3v) is 2.90. The minimum atomic E-state index is -0.555. The number of hydrogen-bond donors (Lipinski definition) is 1. The molecule has 1 rings (SSSR count). The van der Waals surface area contributed by atoms with Crippen LogP contribution in [0.15, 0.2) is 24.3 Å². The molecule has 0 radical (unpaired) electrons. The zero-order valence-electron chi connectivity index (χ0n) is 11.4. The maximum atomic E-state index is 12.9. The molecule has 0 saturated carbocycles.